The lowest BCUT2D eigenvalue weighted by Crippen LogP contribution is -2.50. The average molecular weight is 338 g/mol. The van der Waals surface area contributed by atoms with Crippen LogP contribution in [0.3, 0.4) is 0 Å². The van der Waals surface area contributed by atoms with Crippen LogP contribution in [0.1, 0.15) is 37.7 Å². The van der Waals surface area contributed by atoms with E-state index in [0.29, 0.717) is 6.42 Å². The first kappa shape index (κ1) is 16.4. The highest BCUT2D eigenvalue weighted by atomic mass is 32.2. The fourth-order valence-electron chi connectivity index (χ4n) is 3.82. The van der Waals surface area contributed by atoms with Crippen LogP contribution in [0.25, 0.3) is 0 Å². The summed E-state index contributed by atoms with van der Waals surface area (Å²) < 4.78 is 29.2. The minimum absolute atomic E-state index is 0.165. The van der Waals surface area contributed by atoms with Gasteiger partial charge in [-0.25, -0.2) is 0 Å². The van der Waals surface area contributed by atoms with Crippen molar-refractivity contribution < 1.29 is 18.3 Å². The van der Waals surface area contributed by atoms with Gasteiger partial charge in [-0.05, 0) is 30.7 Å². The maximum Gasteiger partial charge on any atom is 0.322 e. The van der Waals surface area contributed by atoms with Crippen LogP contribution < -0.4 is 4.72 Å². The van der Waals surface area contributed by atoms with Gasteiger partial charge in [-0.3, -0.25) is 4.79 Å². The predicted octanol–water partition coefficient (Wildman–Crippen LogP) is 1.74. The molecule has 2 fully saturated rings. The quantitative estimate of drug-likeness (QED) is 0.856. The van der Waals surface area contributed by atoms with Gasteiger partial charge >= 0.3 is 5.97 Å². The normalized spacial score (nSPS) is 28.4. The highest BCUT2D eigenvalue weighted by Gasteiger charge is 2.50. The Labute approximate surface area is 136 Å². The van der Waals surface area contributed by atoms with Crippen molar-refractivity contribution in [1.29, 1.82) is 0 Å². The molecule has 1 aromatic rings. The Hall–Kier alpha value is -1.44. The van der Waals surface area contributed by atoms with E-state index < -0.39 is 22.2 Å². The predicted molar refractivity (Wildman–Crippen MR) is 85.8 cm³/mol. The number of benzene rings is 1. The van der Waals surface area contributed by atoms with E-state index in [-0.39, 0.29) is 18.5 Å². The third-order valence-corrected chi connectivity index (χ3v) is 6.48. The van der Waals surface area contributed by atoms with Gasteiger partial charge in [-0.1, -0.05) is 43.2 Å². The number of nitrogens with one attached hydrogen (secondary N) is 1. The Kier molecular flexibility index (Phi) is 4.70. The van der Waals surface area contributed by atoms with Crippen molar-refractivity contribution in [3.05, 3.63) is 35.9 Å². The second-order valence-electron chi connectivity index (χ2n) is 6.34. The summed E-state index contributed by atoms with van der Waals surface area (Å²) in [5.41, 5.74) is 0.849. The SMILES string of the molecule is O=C(O)C1CC2CCCCC2N1S(=O)(=O)NCc1ccccc1. The summed E-state index contributed by atoms with van der Waals surface area (Å²) in [6.45, 7) is 0.170. The molecular weight excluding hydrogens is 316 g/mol. The monoisotopic (exact) mass is 338 g/mol. The lowest BCUT2D eigenvalue weighted by Gasteiger charge is -2.32. The van der Waals surface area contributed by atoms with E-state index >= 15 is 0 Å². The first-order chi connectivity index (χ1) is 11.0. The van der Waals surface area contributed by atoms with Crippen LogP contribution in [0.4, 0.5) is 0 Å². The minimum atomic E-state index is -3.82. The fraction of sp³-hybridized carbons (Fsp3) is 0.562. The molecule has 126 valence electrons. The Morgan fingerprint density at radius 2 is 1.91 bits per heavy atom. The van der Waals surface area contributed by atoms with E-state index in [0.717, 1.165) is 31.2 Å². The molecule has 0 spiro atoms. The van der Waals surface area contributed by atoms with Crippen molar-refractivity contribution in [3.8, 4) is 0 Å². The second kappa shape index (κ2) is 6.59. The third-order valence-electron chi connectivity index (χ3n) is 4.89. The van der Waals surface area contributed by atoms with Crippen LogP contribution in [-0.2, 0) is 21.5 Å². The molecule has 3 atom stereocenters. The second-order valence-corrected chi connectivity index (χ2v) is 8.00. The Morgan fingerprint density at radius 1 is 1.22 bits per heavy atom. The van der Waals surface area contributed by atoms with Crippen molar-refractivity contribution in [2.24, 2.45) is 5.92 Å². The van der Waals surface area contributed by atoms with Gasteiger partial charge in [0, 0.05) is 12.6 Å². The lowest BCUT2D eigenvalue weighted by molar-refractivity contribution is -0.141. The van der Waals surface area contributed by atoms with Crippen LogP contribution in [-0.4, -0.2) is 35.9 Å². The van der Waals surface area contributed by atoms with Gasteiger partial charge in [-0.15, -0.1) is 0 Å². The number of rotatable bonds is 5. The number of hydrogen-bond acceptors (Lipinski definition) is 3. The van der Waals surface area contributed by atoms with E-state index in [1.807, 2.05) is 30.3 Å². The molecule has 0 aromatic heterocycles. The van der Waals surface area contributed by atoms with Crippen molar-refractivity contribution in [3.63, 3.8) is 0 Å². The van der Waals surface area contributed by atoms with Crippen LogP contribution in [0, 0.1) is 5.92 Å². The van der Waals surface area contributed by atoms with Gasteiger partial charge < -0.3 is 5.11 Å². The van der Waals surface area contributed by atoms with Crippen LogP contribution in [0.5, 0.6) is 0 Å². The molecule has 1 aliphatic heterocycles. The highest BCUT2D eigenvalue weighted by molar-refractivity contribution is 7.87. The lowest BCUT2D eigenvalue weighted by atomic mass is 9.85. The van der Waals surface area contributed by atoms with Gasteiger partial charge in [0.05, 0.1) is 0 Å². The maximum atomic E-state index is 12.7. The first-order valence-corrected chi connectivity index (χ1v) is 9.48. The standard InChI is InChI=1S/C16H22N2O4S/c19-16(20)15-10-13-8-4-5-9-14(13)18(15)23(21,22)17-11-12-6-2-1-3-7-12/h1-3,6-7,13-15,17H,4-5,8-11H2,(H,19,20). The largest absolute Gasteiger partial charge is 0.480 e. The summed E-state index contributed by atoms with van der Waals surface area (Å²) in [5, 5.41) is 9.45. The number of nitrogens with zero attached hydrogens (tertiary/aromatic N) is 1. The van der Waals surface area contributed by atoms with Crippen molar-refractivity contribution in [2.45, 2.75) is 50.7 Å². The van der Waals surface area contributed by atoms with E-state index in [9.17, 15) is 18.3 Å². The highest BCUT2D eigenvalue weighted by Crippen LogP contribution is 2.41. The molecule has 2 N–H and O–H groups in total. The summed E-state index contributed by atoms with van der Waals surface area (Å²) in [6.07, 6.45) is 4.10. The molecular formula is C16H22N2O4S. The third kappa shape index (κ3) is 3.41. The Balaban J connectivity index is 1.79. The molecule has 1 aliphatic carbocycles. The summed E-state index contributed by atoms with van der Waals surface area (Å²) >= 11 is 0. The molecule has 3 rings (SSSR count). The van der Waals surface area contributed by atoms with Crippen LogP contribution in [0.2, 0.25) is 0 Å². The molecule has 23 heavy (non-hydrogen) atoms. The Morgan fingerprint density at radius 3 is 2.61 bits per heavy atom. The average Bonchev–Trinajstić information content (AvgIpc) is 2.95. The van der Waals surface area contributed by atoms with Gasteiger partial charge in [0.25, 0.3) is 10.2 Å². The molecule has 1 heterocycles. The van der Waals surface area contributed by atoms with Gasteiger partial charge in [0.15, 0.2) is 0 Å². The molecule has 0 amide bonds. The molecule has 1 aromatic carbocycles. The first-order valence-electron chi connectivity index (χ1n) is 8.04. The van der Waals surface area contributed by atoms with Crippen LogP contribution in [0.15, 0.2) is 30.3 Å². The van der Waals surface area contributed by atoms with Crippen LogP contribution >= 0.6 is 0 Å². The number of carbonyl (C=O) groups is 1. The number of hydrogen-bond donors (Lipinski definition) is 2. The molecule has 6 nitrogen and oxygen atoms in total. The summed E-state index contributed by atoms with van der Waals surface area (Å²) in [4.78, 5) is 11.5. The molecule has 1 saturated carbocycles. The number of fused-ring (bicyclic) bond motifs is 1. The smallest absolute Gasteiger partial charge is 0.322 e. The molecule has 3 unspecified atom stereocenters. The summed E-state index contributed by atoms with van der Waals surface area (Å²) in [5.74, 6) is -0.886. The number of carboxylic acid groups (broad SMARTS) is 1. The molecule has 0 bridgehead atoms. The molecule has 7 heteroatoms. The topological polar surface area (TPSA) is 86.7 Å². The van der Waals surface area contributed by atoms with Gasteiger partial charge in [-0.2, -0.15) is 17.4 Å². The van der Waals surface area contributed by atoms with E-state index in [4.69, 9.17) is 0 Å². The Bertz CT molecular complexity index is 662. The molecule has 0 radical (unpaired) electrons. The zero-order valence-electron chi connectivity index (χ0n) is 12.9. The van der Waals surface area contributed by atoms with Crippen molar-refractivity contribution in [1.82, 2.24) is 9.03 Å². The van der Waals surface area contributed by atoms with E-state index in [1.165, 1.54) is 4.31 Å². The molecule has 1 saturated heterocycles. The van der Waals surface area contributed by atoms with Crippen molar-refractivity contribution >= 4 is 16.2 Å². The van der Waals surface area contributed by atoms with E-state index in [2.05, 4.69) is 4.72 Å². The maximum absolute atomic E-state index is 12.7. The van der Waals surface area contributed by atoms with E-state index in [1.54, 1.807) is 0 Å². The zero-order chi connectivity index (χ0) is 16.4. The van der Waals surface area contributed by atoms with Gasteiger partial charge in [0.2, 0.25) is 0 Å². The summed E-state index contributed by atoms with van der Waals surface area (Å²) in [6, 6.07) is 8.10. The minimum Gasteiger partial charge on any atom is -0.480 e. The fourth-order valence-corrected chi connectivity index (χ4v) is 5.46. The zero-order valence-corrected chi connectivity index (χ0v) is 13.7. The van der Waals surface area contributed by atoms with Gasteiger partial charge in [0.1, 0.15) is 6.04 Å². The number of aliphatic carboxylic acids is 1. The molecule has 2 aliphatic rings. The van der Waals surface area contributed by atoms with Crippen molar-refractivity contribution in [2.75, 3.05) is 0 Å². The number of carboxylic acids is 1. The summed E-state index contributed by atoms with van der Waals surface area (Å²) in [7, 11) is -3.82.